The quantitative estimate of drug-likeness (QED) is 0.757. The molecule has 1 saturated heterocycles. The summed E-state index contributed by atoms with van der Waals surface area (Å²) in [4.78, 5) is 28.4. The van der Waals surface area contributed by atoms with Gasteiger partial charge in [0.2, 0.25) is 23.6 Å². The first-order valence-corrected chi connectivity index (χ1v) is 9.36. The van der Waals surface area contributed by atoms with Crippen LogP contribution in [0.4, 0.5) is 0 Å². The Bertz CT molecular complexity index is 806. The van der Waals surface area contributed by atoms with E-state index in [9.17, 15) is 9.59 Å². The maximum atomic E-state index is 12.8. The molecule has 7 nitrogen and oxygen atoms in total. The van der Waals surface area contributed by atoms with E-state index in [0.717, 1.165) is 12.0 Å². The van der Waals surface area contributed by atoms with Crippen molar-refractivity contribution in [2.45, 2.75) is 32.7 Å². The molecule has 0 aliphatic carbocycles. The number of aryl methyl sites for hydroxylation is 1. The van der Waals surface area contributed by atoms with Gasteiger partial charge in [0.25, 0.3) is 0 Å². The van der Waals surface area contributed by atoms with Crippen LogP contribution in [0.2, 0.25) is 5.02 Å². The third-order valence-electron chi connectivity index (χ3n) is 4.75. The van der Waals surface area contributed by atoms with Crippen molar-refractivity contribution < 1.29 is 14.0 Å². The molecular formula is C19H23ClN4O3. The lowest BCUT2D eigenvalue weighted by Crippen LogP contribution is -2.46. The summed E-state index contributed by atoms with van der Waals surface area (Å²) in [5.74, 6) is 0.775. The minimum absolute atomic E-state index is 0.00477. The second-order valence-corrected chi connectivity index (χ2v) is 7.30. The molecule has 0 radical (unpaired) electrons. The van der Waals surface area contributed by atoms with Crippen LogP contribution in [0.15, 0.2) is 28.7 Å². The van der Waals surface area contributed by atoms with Gasteiger partial charge in [-0.1, -0.05) is 23.7 Å². The van der Waals surface area contributed by atoms with E-state index in [1.807, 2.05) is 24.3 Å². The van der Waals surface area contributed by atoms with Crippen molar-refractivity contribution >= 4 is 23.4 Å². The summed E-state index contributed by atoms with van der Waals surface area (Å²) in [6.07, 6.45) is 1.70. The highest BCUT2D eigenvalue weighted by molar-refractivity contribution is 6.30. The van der Waals surface area contributed by atoms with Crippen molar-refractivity contribution in [3.8, 4) is 0 Å². The molecule has 2 heterocycles. The average Bonchev–Trinajstić information content (AvgIpc) is 3.06. The molecule has 1 aromatic carbocycles. The predicted octanol–water partition coefficient (Wildman–Crippen LogP) is 2.47. The Morgan fingerprint density at radius 2 is 2.07 bits per heavy atom. The molecule has 0 spiro atoms. The molecule has 0 saturated carbocycles. The Morgan fingerprint density at radius 1 is 1.33 bits per heavy atom. The van der Waals surface area contributed by atoms with Crippen LogP contribution in [0.5, 0.6) is 0 Å². The second-order valence-electron chi connectivity index (χ2n) is 6.86. The number of carbonyl (C=O) groups is 2. The maximum Gasteiger partial charge on any atom is 0.235 e. The second kappa shape index (κ2) is 8.52. The highest BCUT2D eigenvalue weighted by Crippen LogP contribution is 2.21. The molecular weight excluding hydrogens is 368 g/mol. The molecule has 1 atom stereocenters. The number of piperidine rings is 1. The first-order chi connectivity index (χ1) is 12.9. The Balaban J connectivity index is 1.55. The number of amides is 2. The summed E-state index contributed by atoms with van der Waals surface area (Å²) in [6, 6.07) is 7.60. The van der Waals surface area contributed by atoms with Crippen molar-refractivity contribution in [3.05, 3.63) is 46.6 Å². The highest BCUT2D eigenvalue weighted by Gasteiger charge is 2.32. The van der Waals surface area contributed by atoms with Gasteiger partial charge >= 0.3 is 0 Å². The lowest BCUT2D eigenvalue weighted by Gasteiger charge is -2.33. The molecule has 1 aliphatic heterocycles. The number of nitrogens with zero attached hydrogens (tertiary/aromatic N) is 4. The smallest absolute Gasteiger partial charge is 0.235 e. The number of halogens is 1. The van der Waals surface area contributed by atoms with E-state index >= 15 is 0 Å². The van der Waals surface area contributed by atoms with Crippen molar-refractivity contribution in [3.63, 3.8) is 0 Å². The van der Waals surface area contributed by atoms with Crippen LogP contribution in [-0.4, -0.2) is 51.9 Å². The number of aromatic nitrogens is 2. The van der Waals surface area contributed by atoms with E-state index in [1.165, 1.54) is 0 Å². The van der Waals surface area contributed by atoms with Gasteiger partial charge in [0.15, 0.2) is 0 Å². The SMILES string of the molecule is Cc1nnc(CN(C)C(=O)C2CCC(=O)N(CCc3ccc(Cl)cc3)C2)o1. The summed E-state index contributed by atoms with van der Waals surface area (Å²) in [5.41, 5.74) is 1.12. The van der Waals surface area contributed by atoms with Crippen LogP contribution in [0.1, 0.15) is 30.2 Å². The molecule has 0 N–H and O–H groups in total. The summed E-state index contributed by atoms with van der Waals surface area (Å²) in [5, 5.41) is 8.39. The number of hydrogen-bond donors (Lipinski definition) is 0. The van der Waals surface area contributed by atoms with Gasteiger partial charge in [0.1, 0.15) is 0 Å². The standard InChI is InChI=1S/C19H23ClN4O3/c1-13-21-22-17(27-13)12-23(2)19(26)15-5-8-18(25)24(11-15)10-9-14-3-6-16(20)7-4-14/h3-4,6-7,15H,5,8-12H2,1-2H3. The van der Waals surface area contributed by atoms with Gasteiger partial charge in [-0.3, -0.25) is 9.59 Å². The van der Waals surface area contributed by atoms with E-state index in [1.54, 1.807) is 23.8 Å². The molecule has 27 heavy (non-hydrogen) atoms. The fraction of sp³-hybridized carbons (Fsp3) is 0.474. The zero-order valence-corrected chi connectivity index (χ0v) is 16.3. The zero-order valence-electron chi connectivity index (χ0n) is 15.5. The van der Waals surface area contributed by atoms with Crippen molar-refractivity contribution in [1.29, 1.82) is 0 Å². The van der Waals surface area contributed by atoms with Crippen LogP contribution in [-0.2, 0) is 22.6 Å². The molecule has 144 valence electrons. The molecule has 2 aromatic rings. The number of benzene rings is 1. The lowest BCUT2D eigenvalue weighted by atomic mass is 9.95. The number of carbonyl (C=O) groups excluding carboxylic acids is 2. The van der Waals surface area contributed by atoms with E-state index < -0.39 is 0 Å². The van der Waals surface area contributed by atoms with Crippen LogP contribution in [0.25, 0.3) is 0 Å². The van der Waals surface area contributed by atoms with Gasteiger partial charge in [-0.25, -0.2) is 0 Å². The van der Waals surface area contributed by atoms with Crippen molar-refractivity contribution in [2.24, 2.45) is 5.92 Å². The van der Waals surface area contributed by atoms with Crippen LogP contribution in [0, 0.1) is 12.8 Å². The fourth-order valence-electron chi connectivity index (χ4n) is 3.24. The van der Waals surface area contributed by atoms with Gasteiger partial charge in [-0.05, 0) is 30.5 Å². The van der Waals surface area contributed by atoms with Crippen LogP contribution >= 0.6 is 11.6 Å². The van der Waals surface area contributed by atoms with E-state index in [-0.39, 0.29) is 24.3 Å². The Labute approximate surface area is 163 Å². The van der Waals surface area contributed by atoms with Crippen LogP contribution < -0.4 is 0 Å². The summed E-state index contributed by atoms with van der Waals surface area (Å²) >= 11 is 5.90. The largest absolute Gasteiger partial charge is 0.424 e. The highest BCUT2D eigenvalue weighted by atomic mass is 35.5. The molecule has 1 fully saturated rings. The average molecular weight is 391 g/mol. The normalized spacial score (nSPS) is 17.2. The fourth-order valence-corrected chi connectivity index (χ4v) is 3.37. The van der Waals surface area contributed by atoms with Gasteiger partial charge in [-0.2, -0.15) is 0 Å². The Kier molecular flexibility index (Phi) is 6.11. The Hall–Kier alpha value is -2.41. The molecule has 3 rings (SSSR count). The first kappa shape index (κ1) is 19.4. The van der Waals surface area contributed by atoms with E-state index in [0.29, 0.717) is 42.7 Å². The molecule has 8 heteroatoms. The van der Waals surface area contributed by atoms with Gasteiger partial charge in [-0.15, -0.1) is 10.2 Å². The summed E-state index contributed by atoms with van der Waals surface area (Å²) in [7, 11) is 1.72. The van der Waals surface area contributed by atoms with Gasteiger partial charge in [0, 0.05) is 38.5 Å². The van der Waals surface area contributed by atoms with Crippen molar-refractivity contribution in [2.75, 3.05) is 20.1 Å². The monoisotopic (exact) mass is 390 g/mol. The third-order valence-corrected chi connectivity index (χ3v) is 5.00. The third kappa shape index (κ3) is 5.07. The maximum absolute atomic E-state index is 12.8. The zero-order chi connectivity index (χ0) is 19.4. The number of likely N-dealkylation sites (tertiary alicyclic amines) is 1. The van der Waals surface area contributed by atoms with E-state index in [2.05, 4.69) is 10.2 Å². The number of rotatable bonds is 6. The minimum Gasteiger partial charge on any atom is -0.424 e. The summed E-state index contributed by atoms with van der Waals surface area (Å²) < 4.78 is 5.34. The summed E-state index contributed by atoms with van der Waals surface area (Å²) in [6.45, 7) is 3.02. The van der Waals surface area contributed by atoms with E-state index in [4.69, 9.17) is 16.0 Å². The minimum atomic E-state index is -0.207. The van der Waals surface area contributed by atoms with Crippen molar-refractivity contribution in [1.82, 2.24) is 20.0 Å². The molecule has 1 aliphatic rings. The molecule has 1 unspecified atom stereocenters. The first-order valence-electron chi connectivity index (χ1n) is 8.98. The van der Waals surface area contributed by atoms with Gasteiger partial charge < -0.3 is 14.2 Å². The lowest BCUT2D eigenvalue weighted by molar-refractivity contribution is -0.142. The predicted molar refractivity (Wildman–Crippen MR) is 100.0 cm³/mol. The molecule has 2 amide bonds. The molecule has 0 bridgehead atoms. The topological polar surface area (TPSA) is 79.5 Å². The van der Waals surface area contributed by atoms with Gasteiger partial charge in [0.05, 0.1) is 12.5 Å². The number of hydrogen-bond acceptors (Lipinski definition) is 5. The Morgan fingerprint density at radius 3 is 2.74 bits per heavy atom. The van der Waals surface area contributed by atoms with Crippen LogP contribution in [0.3, 0.4) is 0 Å². The molecule has 1 aromatic heterocycles.